The van der Waals surface area contributed by atoms with Crippen molar-refractivity contribution in [2.75, 3.05) is 17.7 Å². The lowest BCUT2D eigenvalue weighted by Crippen LogP contribution is -2.14. The molecule has 4 rings (SSSR count). The van der Waals surface area contributed by atoms with Crippen LogP contribution in [-0.2, 0) is 0 Å². The van der Waals surface area contributed by atoms with Crippen molar-refractivity contribution in [3.63, 3.8) is 0 Å². The van der Waals surface area contributed by atoms with Gasteiger partial charge in [0.15, 0.2) is 0 Å². The molecule has 0 unspecified atom stereocenters. The minimum Gasteiger partial charge on any atom is -0.496 e. The summed E-state index contributed by atoms with van der Waals surface area (Å²) in [5.74, 6) is -0.437. The van der Waals surface area contributed by atoms with Crippen LogP contribution in [0, 0.1) is 10.1 Å². The first-order valence-corrected chi connectivity index (χ1v) is 11.2. The summed E-state index contributed by atoms with van der Waals surface area (Å²) < 4.78 is 5.20. The Morgan fingerprint density at radius 3 is 2.34 bits per heavy atom. The van der Waals surface area contributed by atoms with Crippen molar-refractivity contribution in [1.29, 1.82) is 0 Å². The molecule has 0 saturated carbocycles. The molecule has 1 aromatic heterocycles. The molecule has 0 spiro atoms. The number of halogens is 1. The van der Waals surface area contributed by atoms with Gasteiger partial charge in [-0.2, -0.15) is 0 Å². The minimum atomic E-state index is -0.486. The third kappa shape index (κ3) is 5.60. The van der Waals surface area contributed by atoms with Crippen LogP contribution >= 0.6 is 22.9 Å². The number of aromatic nitrogens is 2. The average Bonchev–Trinajstić information content (AvgIpc) is 3.33. The molecule has 0 fully saturated rings. The molecule has 2 N–H and O–H groups in total. The fourth-order valence-corrected chi connectivity index (χ4v) is 3.96. The lowest BCUT2D eigenvalue weighted by atomic mass is 10.1. The number of non-ortho nitro benzene ring substituents is 1. The van der Waals surface area contributed by atoms with Gasteiger partial charge in [0.05, 0.1) is 17.6 Å². The molecule has 10 nitrogen and oxygen atoms in total. The van der Waals surface area contributed by atoms with Gasteiger partial charge in [0.1, 0.15) is 10.8 Å². The van der Waals surface area contributed by atoms with Crippen molar-refractivity contribution in [2.45, 2.75) is 0 Å². The van der Waals surface area contributed by atoms with Crippen LogP contribution in [0.2, 0.25) is 5.02 Å². The van der Waals surface area contributed by atoms with Gasteiger partial charge >= 0.3 is 0 Å². The van der Waals surface area contributed by atoms with E-state index in [-0.39, 0.29) is 16.4 Å². The Morgan fingerprint density at radius 1 is 0.971 bits per heavy atom. The normalized spacial score (nSPS) is 10.5. The van der Waals surface area contributed by atoms with Crippen molar-refractivity contribution < 1.29 is 19.2 Å². The maximum atomic E-state index is 12.6. The van der Waals surface area contributed by atoms with Crippen LogP contribution in [0.25, 0.3) is 10.6 Å². The third-order valence-electron chi connectivity index (χ3n) is 4.78. The molecule has 2 amide bonds. The number of nitrogens with one attached hydrogen (secondary N) is 2. The molecule has 0 atom stereocenters. The lowest BCUT2D eigenvalue weighted by molar-refractivity contribution is -0.384. The second kappa shape index (κ2) is 10.3. The Morgan fingerprint density at radius 2 is 1.69 bits per heavy atom. The lowest BCUT2D eigenvalue weighted by Gasteiger charge is -2.10. The summed E-state index contributed by atoms with van der Waals surface area (Å²) >= 11 is 7.12. The number of nitrogens with zero attached hydrogens (tertiary/aromatic N) is 3. The number of benzene rings is 3. The topological polar surface area (TPSA) is 136 Å². The van der Waals surface area contributed by atoms with Crippen molar-refractivity contribution in [3.8, 4) is 16.3 Å². The summed E-state index contributed by atoms with van der Waals surface area (Å²) in [5.41, 5.74) is 1.71. The molecule has 0 aliphatic heterocycles. The molecule has 35 heavy (non-hydrogen) atoms. The molecular formula is C23H16ClN5O5S. The van der Waals surface area contributed by atoms with E-state index in [0.29, 0.717) is 32.6 Å². The molecule has 1 heterocycles. The van der Waals surface area contributed by atoms with Crippen LogP contribution in [-0.4, -0.2) is 34.0 Å². The molecule has 0 saturated heterocycles. The van der Waals surface area contributed by atoms with E-state index in [1.807, 2.05) is 0 Å². The largest absolute Gasteiger partial charge is 0.496 e. The fraction of sp³-hybridized carbons (Fsp3) is 0.0435. The maximum Gasteiger partial charge on any atom is 0.269 e. The number of nitro benzene ring substituents is 1. The van der Waals surface area contributed by atoms with E-state index in [9.17, 15) is 19.7 Å². The Hall–Kier alpha value is -4.35. The first-order valence-electron chi connectivity index (χ1n) is 9.98. The number of hydrogen-bond acceptors (Lipinski definition) is 8. The second-order valence-electron chi connectivity index (χ2n) is 7.05. The number of carbonyl (C=O) groups excluding carboxylic acids is 2. The minimum absolute atomic E-state index is 0.0295. The zero-order valence-corrected chi connectivity index (χ0v) is 19.6. The SMILES string of the molecule is COc1ccc(Cl)cc1C(=O)Nc1ccc(C(=O)Nc2nnc(-c3ccc([N+](=O)[O-])cc3)s2)cc1. The molecular weight excluding hydrogens is 494 g/mol. The number of nitro groups is 1. The van der Waals surface area contributed by atoms with Gasteiger partial charge in [0.25, 0.3) is 17.5 Å². The van der Waals surface area contributed by atoms with E-state index in [0.717, 1.165) is 11.3 Å². The number of carbonyl (C=O) groups is 2. The third-order valence-corrected chi connectivity index (χ3v) is 5.90. The van der Waals surface area contributed by atoms with Gasteiger partial charge in [0.2, 0.25) is 5.13 Å². The maximum absolute atomic E-state index is 12.6. The molecule has 3 aromatic carbocycles. The quantitative estimate of drug-likeness (QED) is 0.255. The molecule has 12 heteroatoms. The van der Waals surface area contributed by atoms with Gasteiger partial charge in [-0.1, -0.05) is 22.9 Å². The van der Waals surface area contributed by atoms with E-state index < -0.39 is 16.7 Å². The highest BCUT2D eigenvalue weighted by Gasteiger charge is 2.15. The van der Waals surface area contributed by atoms with Crippen molar-refractivity contribution in [3.05, 3.63) is 93.0 Å². The van der Waals surface area contributed by atoms with Crippen LogP contribution in [0.4, 0.5) is 16.5 Å². The predicted octanol–water partition coefficient (Wildman–Crippen LogP) is 5.28. The number of methoxy groups -OCH3 is 1. The highest BCUT2D eigenvalue weighted by Crippen LogP contribution is 2.28. The van der Waals surface area contributed by atoms with E-state index in [1.165, 1.54) is 25.3 Å². The second-order valence-corrected chi connectivity index (χ2v) is 8.46. The zero-order chi connectivity index (χ0) is 24.9. The van der Waals surface area contributed by atoms with E-state index in [4.69, 9.17) is 16.3 Å². The Balaban J connectivity index is 1.40. The number of anilines is 2. The highest BCUT2D eigenvalue weighted by molar-refractivity contribution is 7.18. The van der Waals surface area contributed by atoms with Crippen LogP contribution < -0.4 is 15.4 Å². The van der Waals surface area contributed by atoms with Crippen LogP contribution in [0.5, 0.6) is 5.75 Å². The Labute approximate surface area is 207 Å². The van der Waals surface area contributed by atoms with E-state index in [1.54, 1.807) is 48.5 Å². The first-order chi connectivity index (χ1) is 16.8. The van der Waals surface area contributed by atoms with Crippen molar-refractivity contribution in [2.24, 2.45) is 0 Å². The van der Waals surface area contributed by atoms with E-state index >= 15 is 0 Å². The van der Waals surface area contributed by atoms with E-state index in [2.05, 4.69) is 20.8 Å². The molecule has 0 aliphatic carbocycles. The fourth-order valence-electron chi connectivity index (χ4n) is 3.05. The van der Waals surface area contributed by atoms with Gasteiger partial charge in [0, 0.05) is 34.0 Å². The number of hydrogen-bond donors (Lipinski definition) is 2. The number of amides is 2. The molecule has 0 bridgehead atoms. The highest BCUT2D eigenvalue weighted by atomic mass is 35.5. The summed E-state index contributed by atoms with van der Waals surface area (Å²) in [6.45, 7) is 0. The van der Waals surface area contributed by atoms with Crippen LogP contribution in [0.15, 0.2) is 66.7 Å². The molecule has 176 valence electrons. The monoisotopic (exact) mass is 509 g/mol. The Bertz CT molecular complexity index is 1410. The average molecular weight is 510 g/mol. The standard InChI is InChI=1S/C23H16ClN5O5S/c1-34-19-11-6-15(24)12-18(19)21(31)25-16-7-2-13(3-8-16)20(30)26-23-28-27-22(35-23)14-4-9-17(10-5-14)29(32)33/h2-12H,1H3,(H,25,31)(H,26,28,30). The first kappa shape index (κ1) is 23.8. The van der Waals surface area contributed by atoms with Gasteiger partial charge in [-0.25, -0.2) is 0 Å². The zero-order valence-electron chi connectivity index (χ0n) is 18.0. The van der Waals surface area contributed by atoms with Gasteiger partial charge in [-0.3, -0.25) is 25.0 Å². The smallest absolute Gasteiger partial charge is 0.269 e. The molecule has 4 aromatic rings. The van der Waals surface area contributed by atoms with Crippen LogP contribution in [0.3, 0.4) is 0 Å². The van der Waals surface area contributed by atoms with Gasteiger partial charge in [-0.15, -0.1) is 10.2 Å². The van der Waals surface area contributed by atoms with Crippen molar-refractivity contribution in [1.82, 2.24) is 10.2 Å². The van der Waals surface area contributed by atoms with Crippen molar-refractivity contribution >= 4 is 51.3 Å². The number of ether oxygens (including phenoxy) is 1. The predicted molar refractivity (Wildman–Crippen MR) is 132 cm³/mol. The summed E-state index contributed by atoms with van der Waals surface area (Å²) in [6.07, 6.45) is 0. The summed E-state index contributed by atoms with van der Waals surface area (Å²) in [6, 6.07) is 16.9. The van der Waals surface area contributed by atoms with Gasteiger partial charge in [-0.05, 0) is 54.6 Å². The van der Waals surface area contributed by atoms with Gasteiger partial charge < -0.3 is 10.1 Å². The summed E-state index contributed by atoms with van der Waals surface area (Å²) in [4.78, 5) is 35.5. The summed E-state index contributed by atoms with van der Waals surface area (Å²) in [5, 5.41) is 25.3. The number of rotatable bonds is 7. The Kier molecular flexibility index (Phi) is 6.99. The van der Waals surface area contributed by atoms with Crippen LogP contribution in [0.1, 0.15) is 20.7 Å². The molecule has 0 radical (unpaired) electrons. The summed E-state index contributed by atoms with van der Waals surface area (Å²) in [7, 11) is 1.46. The molecule has 0 aliphatic rings.